The molecule has 0 aliphatic heterocycles. The van der Waals surface area contributed by atoms with E-state index in [1.54, 1.807) is 11.6 Å². The Morgan fingerprint density at radius 1 is 1.00 bits per heavy atom. The van der Waals surface area contributed by atoms with E-state index in [2.05, 4.69) is 40.7 Å². The van der Waals surface area contributed by atoms with Gasteiger partial charge in [0, 0.05) is 12.5 Å². The third-order valence-corrected chi connectivity index (χ3v) is 12.1. The minimum absolute atomic E-state index is 0.000221. The predicted octanol–water partition coefficient (Wildman–Crippen LogP) is 10.1. The number of fused-ring (bicyclic) bond motifs is 5. The first kappa shape index (κ1) is 30.4. The SMILES string of the molecule is CCOc1ccc(/C=C/C(=O)O[C@H]2CC[C@@]3(C)C(=CC[C@H]4[C@@H]5CC[C@H]([C@H](C)CCCC(C)C)[C@@]5(C)CC[C@@H]43)C2)cc1. The molecule has 0 saturated heterocycles. The molecule has 3 nitrogen and oxygen atoms in total. The average molecular weight is 561 g/mol. The third-order valence-electron chi connectivity index (χ3n) is 12.1. The number of rotatable bonds is 10. The van der Waals surface area contributed by atoms with Gasteiger partial charge in [-0.05, 0) is 122 Å². The van der Waals surface area contributed by atoms with Crippen molar-refractivity contribution in [2.24, 2.45) is 46.3 Å². The van der Waals surface area contributed by atoms with Gasteiger partial charge in [0.25, 0.3) is 0 Å². The highest BCUT2D eigenvalue weighted by molar-refractivity contribution is 5.87. The molecular weight excluding hydrogens is 504 g/mol. The first-order valence-corrected chi connectivity index (χ1v) is 16.9. The normalized spacial score (nSPS) is 35.4. The Labute approximate surface area is 250 Å². The van der Waals surface area contributed by atoms with Crippen molar-refractivity contribution in [2.75, 3.05) is 6.61 Å². The van der Waals surface area contributed by atoms with Crippen LogP contribution >= 0.6 is 0 Å². The monoisotopic (exact) mass is 560 g/mol. The quantitative estimate of drug-likeness (QED) is 0.162. The summed E-state index contributed by atoms with van der Waals surface area (Å²) in [4.78, 5) is 12.7. The standard InChI is InChI=1S/C38H56O3/c1-7-40-30-15-11-28(12-16-30)13-20-36(39)41-31-21-23-37(5)29(25-31)14-17-32-34-19-18-33(27(4)10-8-9-26(2)3)38(34,6)24-22-35(32)37/h11-16,20,26-27,31-35H,7-10,17-19,21-25H2,1-6H3/b20-13+/t27-,31+,32+,33-,34+,35+,37+,38-/m1/s1. The molecule has 0 radical (unpaired) electrons. The zero-order valence-corrected chi connectivity index (χ0v) is 26.8. The van der Waals surface area contributed by atoms with Crippen LogP contribution in [0.5, 0.6) is 5.75 Å². The van der Waals surface area contributed by atoms with Gasteiger partial charge in [-0.3, -0.25) is 0 Å². The van der Waals surface area contributed by atoms with Crippen molar-refractivity contribution in [3.63, 3.8) is 0 Å². The van der Waals surface area contributed by atoms with Crippen LogP contribution in [0.4, 0.5) is 0 Å². The van der Waals surface area contributed by atoms with Crippen LogP contribution in [-0.2, 0) is 9.53 Å². The van der Waals surface area contributed by atoms with Crippen LogP contribution in [0.3, 0.4) is 0 Å². The lowest BCUT2D eigenvalue weighted by Gasteiger charge is -2.58. The molecule has 0 amide bonds. The Morgan fingerprint density at radius 3 is 2.51 bits per heavy atom. The molecule has 41 heavy (non-hydrogen) atoms. The molecule has 0 N–H and O–H groups in total. The van der Waals surface area contributed by atoms with E-state index in [0.717, 1.165) is 66.1 Å². The molecule has 4 aliphatic rings. The fraction of sp³-hybridized carbons (Fsp3) is 0.711. The van der Waals surface area contributed by atoms with Gasteiger partial charge in [-0.25, -0.2) is 4.79 Å². The highest BCUT2D eigenvalue weighted by Crippen LogP contribution is 2.67. The number of esters is 1. The topological polar surface area (TPSA) is 35.5 Å². The average Bonchev–Trinajstić information content (AvgIpc) is 3.30. The minimum atomic E-state index is -0.227. The lowest BCUT2D eigenvalue weighted by atomic mass is 9.47. The summed E-state index contributed by atoms with van der Waals surface area (Å²) in [6.07, 6.45) is 20.2. The van der Waals surface area contributed by atoms with E-state index in [9.17, 15) is 4.79 Å². The molecule has 0 spiro atoms. The van der Waals surface area contributed by atoms with E-state index >= 15 is 0 Å². The molecule has 1 aromatic rings. The minimum Gasteiger partial charge on any atom is -0.494 e. The van der Waals surface area contributed by atoms with Gasteiger partial charge < -0.3 is 9.47 Å². The molecule has 0 aromatic heterocycles. The second-order valence-corrected chi connectivity index (χ2v) is 14.9. The molecule has 3 saturated carbocycles. The van der Waals surface area contributed by atoms with Crippen molar-refractivity contribution in [3.8, 4) is 5.75 Å². The zero-order valence-electron chi connectivity index (χ0n) is 26.8. The van der Waals surface area contributed by atoms with Gasteiger partial charge in [-0.15, -0.1) is 0 Å². The first-order valence-electron chi connectivity index (χ1n) is 16.9. The zero-order chi connectivity index (χ0) is 29.2. The smallest absolute Gasteiger partial charge is 0.331 e. The van der Waals surface area contributed by atoms with Gasteiger partial charge >= 0.3 is 5.97 Å². The maximum atomic E-state index is 12.7. The van der Waals surface area contributed by atoms with E-state index in [0.29, 0.717) is 12.0 Å². The number of benzene rings is 1. The van der Waals surface area contributed by atoms with Crippen LogP contribution in [-0.4, -0.2) is 18.7 Å². The van der Waals surface area contributed by atoms with E-state index in [1.807, 2.05) is 37.3 Å². The number of carbonyl (C=O) groups excluding carboxylic acids is 1. The van der Waals surface area contributed by atoms with Gasteiger partial charge in [0.2, 0.25) is 0 Å². The third kappa shape index (κ3) is 6.35. The second kappa shape index (κ2) is 12.7. The molecule has 0 bridgehead atoms. The number of hydrogen-bond acceptors (Lipinski definition) is 3. The summed E-state index contributed by atoms with van der Waals surface area (Å²) in [5, 5.41) is 0. The number of allylic oxidation sites excluding steroid dienone is 1. The van der Waals surface area contributed by atoms with Crippen LogP contribution in [0.15, 0.2) is 42.0 Å². The van der Waals surface area contributed by atoms with Crippen molar-refractivity contribution in [3.05, 3.63) is 47.6 Å². The van der Waals surface area contributed by atoms with Crippen molar-refractivity contribution in [1.29, 1.82) is 0 Å². The summed E-state index contributed by atoms with van der Waals surface area (Å²) in [6.45, 7) is 15.2. The Morgan fingerprint density at radius 2 is 1.78 bits per heavy atom. The number of ether oxygens (including phenoxy) is 2. The lowest BCUT2D eigenvalue weighted by Crippen LogP contribution is -2.51. The molecule has 1 aromatic carbocycles. The summed E-state index contributed by atoms with van der Waals surface area (Å²) in [5.41, 5.74) is 3.37. The maximum Gasteiger partial charge on any atom is 0.331 e. The second-order valence-electron chi connectivity index (χ2n) is 14.9. The summed E-state index contributed by atoms with van der Waals surface area (Å²) >= 11 is 0. The van der Waals surface area contributed by atoms with Crippen molar-refractivity contribution >= 4 is 12.0 Å². The highest BCUT2D eigenvalue weighted by Gasteiger charge is 2.59. The Kier molecular flexibility index (Phi) is 9.41. The Hall–Kier alpha value is -2.03. The van der Waals surface area contributed by atoms with Crippen LogP contribution in [0.25, 0.3) is 6.08 Å². The molecular formula is C38H56O3. The largest absolute Gasteiger partial charge is 0.494 e. The van der Waals surface area contributed by atoms with Crippen LogP contribution in [0.2, 0.25) is 0 Å². The number of carbonyl (C=O) groups is 1. The molecule has 0 unspecified atom stereocenters. The predicted molar refractivity (Wildman–Crippen MR) is 170 cm³/mol. The van der Waals surface area contributed by atoms with E-state index < -0.39 is 0 Å². The van der Waals surface area contributed by atoms with Gasteiger partial charge in [-0.2, -0.15) is 0 Å². The molecule has 4 aliphatic carbocycles. The summed E-state index contributed by atoms with van der Waals surface area (Å²) in [6, 6.07) is 7.82. The van der Waals surface area contributed by atoms with Crippen LogP contribution in [0.1, 0.15) is 118 Å². The van der Waals surface area contributed by atoms with E-state index in [4.69, 9.17) is 9.47 Å². The summed E-state index contributed by atoms with van der Waals surface area (Å²) in [5.74, 6) is 5.74. The highest BCUT2D eigenvalue weighted by atomic mass is 16.5. The van der Waals surface area contributed by atoms with Gasteiger partial charge in [0.05, 0.1) is 6.61 Å². The molecule has 8 atom stereocenters. The van der Waals surface area contributed by atoms with E-state index in [-0.39, 0.29) is 17.5 Å². The number of hydrogen-bond donors (Lipinski definition) is 0. The lowest BCUT2D eigenvalue weighted by molar-refractivity contribution is -0.145. The molecule has 3 fully saturated rings. The van der Waals surface area contributed by atoms with Crippen molar-refractivity contribution < 1.29 is 14.3 Å². The molecule has 226 valence electrons. The van der Waals surface area contributed by atoms with Crippen molar-refractivity contribution in [1.82, 2.24) is 0 Å². The molecule has 3 heteroatoms. The Balaban J connectivity index is 1.19. The maximum absolute atomic E-state index is 12.7. The van der Waals surface area contributed by atoms with Gasteiger partial charge in [0.15, 0.2) is 0 Å². The summed E-state index contributed by atoms with van der Waals surface area (Å²) in [7, 11) is 0. The Bertz CT molecular complexity index is 1100. The fourth-order valence-corrected chi connectivity index (χ4v) is 9.96. The summed E-state index contributed by atoms with van der Waals surface area (Å²) < 4.78 is 11.5. The molecule has 5 rings (SSSR count). The van der Waals surface area contributed by atoms with Gasteiger partial charge in [0.1, 0.15) is 11.9 Å². The van der Waals surface area contributed by atoms with Gasteiger partial charge in [-0.1, -0.05) is 77.7 Å². The fourth-order valence-electron chi connectivity index (χ4n) is 9.96. The molecule has 0 heterocycles. The van der Waals surface area contributed by atoms with Crippen molar-refractivity contribution in [2.45, 2.75) is 118 Å². The first-order chi connectivity index (χ1) is 19.6. The van der Waals surface area contributed by atoms with Crippen LogP contribution < -0.4 is 4.74 Å². The van der Waals surface area contributed by atoms with E-state index in [1.165, 1.54) is 51.4 Å². The van der Waals surface area contributed by atoms with Crippen LogP contribution in [0, 0.1) is 46.3 Å².